The van der Waals surface area contributed by atoms with Crippen LogP contribution in [0.5, 0.6) is 5.75 Å². The van der Waals surface area contributed by atoms with E-state index in [0.717, 1.165) is 35.5 Å². The molecule has 1 aliphatic heterocycles. The lowest BCUT2D eigenvalue weighted by Crippen LogP contribution is -2.30. The molecule has 116 valence electrons. The number of amides is 1. The first-order valence-electron chi connectivity index (χ1n) is 7.76. The molecule has 2 aromatic rings. The second-order valence-electron chi connectivity index (χ2n) is 5.51. The number of benzene rings is 1. The van der Waals surface area contributed by atoms with Crippen LogP contribution in [0.4, 0.5) is 0 Å². The number of ether oxygens (including phenoxy) is 1. The summed E-state index contributed by atoms with van der Waals surface area (Å²) in [6, 6.07) is 7.93. The van der Waals surface area contributed by atoms with Crippen molar-refractivity contribution in [3.05, 3.63) is 46.8 Å². The molecule has 0 aliphatic carbocycles. The number of fused-ring (bicyclic) bond motifs is 1. The number of nitrogens with one attached hydrogen (secondary N) is 1. The Morgan fingerprint density at radius 1 is 1.27 bits per heavy atom. The van der Waals surface area contributed by atoms with Crippen LogP contribution in [0.1, 0.15) is 53.6 Å². The third-order valence-electron chi connectivity index (χ3n) is 4.01. The zero-order chi connectivity index (χ0) is 15.7. The first-order valence-corrected chi connectivity index (χ1v) is 7.76. The third-order valence-corrected chi connectivity index (χ3v) is 4.01. The summed E-state index contributed by atoms with van der Waals surface area (Å²) >= 11 is 0. The van der Waals surface area contributed by atoms with E-state index in [0.29, 0.717) is 12.3 Å². The monoisotopic (exact) mass is 299 g/mol. The van der Waals surface area contributed by atoms with E-state index < -0.39 is 0 Å². The SMILES string of the molecule is CCCN1C(=O)c2n[nH]c(C)c2C1c1ccc(OCC)cc1. The predicted molar refractivity (Wildman–Crippen MR) is 84.1 cm³/mol. The van der Waals surface area contributed by atoms with Crippen LogP contribution in [0.2, 0.25) is 0 Å². The van der Waals surface area contributed by atoms with Crippen molar-refractivity contribution in [3.8, 4) is 5.75 Å². The molecule has 1 aromatic carbocycles. The minimum Gasteiger partial charge on any atom is -0.494 e. The van der Waals surface area contributed by atoms with Gasteiger partial charge >= 0.3 is 0 Å². The van der Waals surface area contributed by atoms with Crippen LogP contribution in [-0.4, -0.2) is 34.2 Å². The number of nitrogens with zero attached hydrogens (tertiary/aromatic N) is 2. The Hall–Kier alpha value is -2.30. The van der Waals surface area contributed by atoms with Crippen molar-refractivity contribution in [1.82, 2.24) is 15.1 Å². The Morgan fingerprint density at radius 2 is 2.00 bits per heavy atom. The average molecular weight is 299 g/mol. The van der Waals surface area contributed by atoms with Crippen molar-refractivity contribution in [2.24, 2.45) is 0 Å². The lowest BCUT2D eigenvalue weighted by atomic mass is 9.99. The minimum atomic E-state index is -0.0584. The molecule has 1 unspecified atom stereocenters. The molecule has 0 fully saturated rings. The van der Waals surface area contributed by atoms with Crippen LogP contribution < -0.4 is 4.74 Å². The van der Waals surface area contributed by atoms with Crippen molar-refractivity contribution in [3.63, 3.8) is 0 Å². The van der Waals surface area contributed by atoms with E-state index in [9.17, 15) is 4.79 Å². The topological polar surface area (TPSA) is 58.2 Å². The first kappa shape index (κ1) is 14.6. The summed E-state index contributed by atoms with van der Waals surface area (Å²) in [6.45, 7) is 7.39. The van der Waals surface area contributed by atoms with Crippen LogP contribution >= 0.6 is 0 Å². The van der Waals surface area contributed by atoms with E-state index in [-0.39, 0.29) is 11.9 Å². The molecular formula is C17H21N3O2. The lowest BCUT2D eigenvalue weighted by Gasteiger charge is -2.25. The Balaban J connectivity index is 2.01. The molecule has 2 heterocycles. The number of hydrogen-bond acceptors (Lipinski definition) is 3. The van der Waals surface area contributed by atoms with Crippen LogP contribution in [0.25, 0.3) is 0 Å². The Labute approximate surface area is 130 Å². The smallest absolute Gasteiger partial charge is 0.275 e. The van der Waals surface area contributed by atoms with Gasteiger partial charge in [-0.3, -0.25) is 9.89 Å². The Bertz CT molecular complexity index is 676. The lowest BCUT2D eigenvalue weighted by molar-refractivity contribution is 0.0743. The summed E-state index contributed by atoms with van der Waals surface area (Å²) in [6.07, 6.45) is 0.923. The van der Waals surface area contributed by atoms with Gasteiger partial charge in [0.25, 0.3) is 5.91 Å². The first-order chi connectivity index (χ1) is 10.7. The van der Waals surface area contributed by atoms with E-state index in [2.05, 4.69) is 17.1 Å². The molecule has 1 amide bonds. The number of aromatic nitrogens is 2. The van der Waals surface area contributed by atoms with Crippen LogP contribution in [0.15, 0.2) is 24.3 Å². The summed E-state index contributed by atoms with van der Waals surface area (Å²) in [5.74, 6) is 0.863. The zero-order valence-corrected chi connectivity index (χ0v) is 13.2. The number of aryl methyl sites for hydroxylation is 1. The number of carbonyl (C=O) groups is 1. The molecule has 1 atom stereocenters. The van der Waals surface area contributed by atoms with Crippen LogP contribution in [-0.2, 0) is 0 Å². The van der Waals surface area contributed by atoms with Gasteiger partial charge in [0, 0.05) is 17.8 Å². The highest BCUT2D eigenvalue weighted by Gasteiger charge is 2.40. The van der Waals surface area contributed by atoms with Crippen LogP contribution in [0.3, 0.4) is 0 Å². The molecule has 1 N–H and O–H groups in total. The zero-order valence-electron chi connectivity index (χ0n) is 13.2. The maximum absolute atomic E-state index is 12.6. The number of rotatable bonds is 5. The van der Waals surface area contributed by atoms with Crippen molar-refractivity contribution in [1.29, 1.82) is 0 Å². The molecule has 3 rings (SSSR count). The highest BCUT2D eigenvalue weighted by Crippen LogP contribution is 2.39. The fourth-order valence-corrected chi connectivity index (χ4v) is 3.08. The van der Waals surface area contributed by atoms with Gasteiger partial charge < -0.3 is 9.64 Å². The van der Waals surface area contributed by atoms with E-state index in [1.807, 2.05) is 43.0 Å². The van der Waals surface area contributed by atoms with Gasteiger partial charge in [-0.15, -0.1) is 0 Å². The van der Waals surface area contributed by atoms with Gasteiger partial charge in [0.15, 0.2) is 5.69 Å². The van der Waals surface area contributed by atoms with Crippen molar-refractivity contribution >= 4 is 5.91 Å². The molecule has 0 saturated heterocycles. The summed E-state index contributed by atoms with van der Waals surface area (Å²) in [4.78, 5) is 14.5. The maximum Gasteiger partial charge on any atom is 0.275 e. The fourth-order valence-electron chi connectivity index (χ4n) is 3.08. The average Bonchev–Trinajstić information content (AvgIpc) is 3.02. The van der Waals surface area contributed by atoms with Gasteiger partial charge in [-0.1, -0.05) is 19.1 Å². The molecule has 0 saturated carbocycles. The van der Waals surface area contributed by atoms with Gasteiger partial charge in [-0.05, 0) is 38.0 Å². The van der Waals surface area contributed by atoms with Gasteiger partial charge in [0.1, 0.15) is 5.75 Å². The molecular weight excluding hydrogens is 278 g/mol. The standard InChI is InChI=1S/C17H21N3O2/c1-4-10-20-16(12-6-8-13(9-7-12)22-5-2)14-11(3)18-19-15(14)17(20)21/h6-9,16H,4-5,10H2,1-3H3,(H,18,19). The molecule has 0 spiro atoms. The summed E-state index contributed by atoms with van der Waals surface area (Å²) in [5.41, 5.74) is 3.61. The third kappa shape index (κ3) is 2.26. The van der Waals surface area contributed by atoms with Crippen LogP contribution in [0, 0.1) is 6.92 Å². The number of H-pyrrole nitrogens is 1. The van der Waals surface area contributed by atoms with Crippen molar-refractivity contribution < 1.29 is 9.53 Å². The molecule has 0 radical (unpaired) electrons. The largest absolute Gasteiger partial charge is 0.494 e. The normalized spacial score (nSPS) is 17.0. The second kappa shape index (κ2) is 5.83. The Kier molecular flexibility index (Phi) is 3.88. The number of carbonyl (C=O) groups excluding carboxylic acids is 1. The molecule has 1 aromatic heterocycles. The van der Waals surface area contributed by atoms with Gasteiger partial charge in [-0.2, -0.15) is 5.10 Å². The molecule has 1 aliphatic rings. The summed E-state index contributed by atoms with van der Waals surface area (Å²) in [7, 11) is 0. The highest BCUT2D eigenvalue weighted by molar-refractivity contribution is 5.98. The van der Waals surface area contributed by atoms with Gasteiger partial charge in [-0.25, -0.2) is 0 Å². The molecule has 5 nitrogen and oxygen atoms in total. The van der Waals surface area contributed by atoms with Gasteiger partial charge in [0.2, 0.25) is 0 Å². The highest BCUT2D eigenvalue weighted by atomic mass is 16.5. The fraction of sp³-hybridized carbons (Fsp3) is 0.412. The maximum atomic E-state index is 12.6. The quantitative estimate of drug-likeness (QED) is 0.923. The Morgan fingerprint density at radius 3 is 2.64 bits per heavy atom. The van der Waals surface area contributed by atoms with Gasteiger partial charge in [0.05, 0.1) is 12.6 Å². The van der Waals surface area contributed by atoms with Crippen molar-refractivity contribution in [2.45, 2.75) is 33.2 Å². The van der Waals surface area contributed by atoms with E-state index >= 15 is 0 Å². The summed E-state index contributed by atoms with van der Waals surface area (Å²) in [5, 5.41) is 7.13. The number of hydrogen-bond donors (Lipinski definition) is 1. The van der Waals surface area contributed by atoms with E-state index in [1.54, 1.807) is 0 Å². The predicted octanol–water partition coefficient (Wildman–Crippen LogP) is 3.07. The van der Waals surface area contributed by atoms with E-state index in [4.69, 9.17) is 4.74 Å². The molecule has 0 bridgehead atoms. The number of aromatic amines is 1. The second-order valence-corrected chi connectivity index (χ2v) is 5.51. The van der Waals surface area contributed by atoms with E-state index in [1.165, 1.54) is 0 Å². The minimum absolute atomic E-state index is 0.0140. The molecule has 22 heavy (non-hydrogen) atoms. The van der Waals surface area contributed by atoms with Crippen molar-refractivity contribution in [2.75, 3.05) is 13.2 Å². The summed E-state index contributed by atoms with van der Waals surface area (Å²) < 4.78 is 5.50. The molecule has 5 heteroatoms.